The van der Waals surface area contributed by atoms with Gasteiger partial charge in [-0.2, -0.15) is 0 Å². The highest BCUT2D eigenvalue weighted by molar-refractivity contribution is 6.26. The average molecular weight is 592 g/mol. The van der Waals surface area contributed by atoms with Crippen molar-refractivity contribution in [3.8, 4) is 0 Å². The van der Waals surface area contributed by atoms with Gasteiger partial charge >= 0.3 is 5.97 Å². The average Bonchev–Trinajstić information content (AvgIpc) is 3.20. The largest absolute Gasteiger partial charge is 0.481 e. The summed E-state index contributed by atoms with van der Waals surface area (Å²) >= 11 is 0. The standard InChI is InChI=1S/C28H37N3O11/c32-22(7-2-1-3-11-39-13-15-41-17-18-42-16-14-40-12-10-24(34)35)29-20-6-4-5-19-25(20)28(38)31(27(19)37)21-8-9-23(33)30-26(21)36/h4-6,21H,1-3,7-18H2,(H,29,32)(H,34,35)(H,30,33,36). The fourth-order valence-corrected chi connectivity index (χ4v) is 4.42. The van der Waals surface area contributed by atoms with E-state index in [-0.39, 0.29) is 55.0 Å². The van der Waals surface area contributed by atoms with Crippen LogP contribution in [0.2, 0.25) is 0 Å². The number of rotatable bonds is 20. The summed E-state index contributed by atoms with van der Waals surface area (Å²) in [4.78, 5) is 73.5. The third kappa shape index (κ3) is 9.98. The third-order valence-corrected chi connectivity index (χ3v) is 6.51. The summed E-state index contributed by atoms with van der Waals surface area (Å²) in [5.74, 6) is -3.64. The molecule has 1 aromatic rings. The number of carbonyl (C=O) groups is 6. The Balaban J connectivity index is 1.24. The van der Waals surface area contributed by atoms with E-state index in [2.05, 4.69) is 10.6 Å². The number of anilines is 1. The maximum absolute atomic E-state index is 13.1. The molecule has 0 bridgehead atoms. The molecule has 5 amide bonds. The second-order valence-electron chi connectivity index (χ2n) is 9.63. The summed E-state index contributed by atoms with van der Waals surface area (Å²) in [7, 11) is 0. The van der Waals surface area contributed by atoms with Crippen LogP contribution in [0.25, 0.3) is 0 Å². The molecule has 2 heterocycles. The van der Waals surface area contributed by atoms with E-state index < -0.39 is 35.6 Å². The highest BCUT2D eigenvalue weighted by Crippen LogP contribution is 2.32. The molecule has 0 radical (unpaired) electrons. The van der Waals surface area contributed by atoms with Crippen molar-refractivity contribution in [2.45, 2.75) is 51.0 Å². The summed E-state index contributed by atoms with van der Waals surface area (Å²) in [6.45, 7) is 3.05. The van der Waals surface area contributed by atoms with Gasteiger partial charge in [-0.05, 0) is 31.4 Å². The van der Waals surface area contributed by atoms with E-state index in [1.807, 2.05) is 0 Å². The maximum atomic E-state index is 13.1. The van der Waals surface area contributed by atoms with Gasteiger partial charge in [0.05, 0.1) is 69.5 Å². The van der Waals surface area contributed by atoms with E-state index in [1.165, 1.54) is 12.1 Å². The van der Waals surface area contributed by atoms with Crippen molar-refractivity contribution in [1.29, 1.82) is 0 Å². The van der Waals surface area contributed by atoms with Crippen molar-refractivity contribution in [2.75, 3.05) is 58.2 Å². The maximum Gasteiger partial charge on any atom is 0.305 e. The van der Waals surface area contributed by atoms with Gasteiger partial charge in [0, 0.05) is 19.4 Å². The second kappa shape index (κ2) is 17.3. The predicted octanol–water partition coefficient (Wildman–Crippen LogP) is 1.13. The van der Waals surface area contributed by atoms with Crippen LogP contribution >= 0.6 is 0 Å². The lowest BCUT2D eigenvalue weighted by atomic mass is 10.0. The van der Waals surface area contributed by atoms with E-state index in [0.717, 1.165) is 17.7 Å². The van der Waals surface area contributed by atoms with Gasteiger partial charge in [-0.15, -0.1) is 0 Å². The molecule has 14 nitrogen and oxygen atoms in total. The minimum atomic E-state index is -1.07. The number of benzene rings is 1. The molecule has 1 unspecified atom stereocenters. The van der Waals surface area contributed by atoms with Crippen molar-refractivity contribution < 1.29 is 52.8 Å². The van der Waals surface area contributed by atoms with Crippen LogP contribution in [-0.4, -0.2) is 104 Å². The molecular weight excluding hydrogens is 554 g/mol. The summed E-state index contributed by atoms with van der Waals surface area (Å²) in [6, 6.07) is 3.50. The van der Waals surface area contributed by atoms with E-state index in [1.54, 1.807) is 6.07 Å². The molecule has 1 aromatic carbocycles. The predicted molar refractivity (Wildman–Crippen MR) is 146 cm³/mol. The van der Waals surface area contributed by atoms with Crippen molar-refractivity contribution in [2.24, 2.45) is 0 Å². The number of carboxylic acid groups (broad SMARTS) is 1. The smallest absolute Gasteiger partial charge is 0.305 e. The topological polar surface area (TPSA) is 187 Å². The Morgan fingerprint density at radius 3 is 2.12 bits per heavy atom. The second-order valence-corrected chi connectivity index (χ2v) is 9.63. The molecule has 0 aliphatic carbocycles. The van der Waals surface area contributed by atoms with Crippen molar-refractivity contribution >= 4 is 41.2 Å². The molecule has 3 N–H and O–H groups in total. The molecule has 1 saturated heterocycles. The van der Waals surface area contributed by atoms with Gasteiger partial charge in [0.25, 0.3) is 11.8 Å². The molecule has 2 aliphatic heterocycles. The van der Waals surface area contributed by atoms with Crippen LogP contribution in [0.15, 0.2) is 18.2 Å². The fourth-order valence-electron chi connectivity index (χ4n) is 4.42. The molecule has 1 atom stereocenters. The van der Waals surface area contributed by atoms with E-state index in [0.29, 0.717) is 52.7 Å². The fraction of sp³-hybridized carbons (Fsp3) is 0.571. The first kappa shape index (κ1) is 32.8. The first-order valence-corrected chi connectivity index (χ1v) is 14.0. The highest BCUT2D eigenvalue weighted by Gasteiger charge is 2.45. The third-order valence-electron chi connectivity index (χ3n) is 6.51. The van der Waals surface area contributed by atoms with Crippen molar-refractivity contribution in [1.82, 2.24) is 10.2 Å². The normalized spacial score (nSPS) is 16.5. The number of imide groups is 2. The lowest BCUT2D eigenvalue weighted by Gasteiger charge is -2.27. The number of aliphatic carboxylic acids is 1. The Morgan fingerprint density at radius 2 is 1.48 bits per heavy atom. The van der Waals surface area contributed by atoms with Gasteiger partial charge in [0.15, 0.2) is 0 Å². The molecular formula is C28H37N3O11. The molecule has 14 heteroatoms. The van der Waals surface area contributed by atoms with Crippen LogP contribution in [-0.2, 0) is 38.1 Å². The number of nitrogens with zero attached hydrogens (tertiary/aromatic N) is 1. The Labute approximate surface area is 243 Å². The van der Waals surface area contributed by atoms with Gasteiger partial charge in [0.1, 0.15) is 6.04 Å². The Bertz CT molecular complexity index is 1140. The van der Waals surface area contributed by atoms with Crippen LogP contribution < -0.4 is 10.6 Å². The number of unbranched alkanes of at least 4 members (excludes halogenated alkanes) is 2. The van der Waals surface area contributed by atoms with E-state index in [9.17, 15) is 28.8 Å². The molecule has 0 aromatic heterocycles. The zero-order valence-electron chi connectivity index (χ0n) is 23.4. The number of hydrogen-bond acceptors (Lipinski definition) is 10. The monoisotopic (exact) mass is 591 g/mol. The minimum Gasteiger partial charge on any atom is -0.481 e. The first-order chi connectivity index (χ1) is 20.3. The minimum absolute atomic E-state index is 0.0268. The number of carboxylic acids is 1. The van der Waals surface area contributed by atoms with E-state index >= 15 is 0 Å². The molecule has 3 rings (SSSR count). The Morgan fingerprint density at radius 1 is 0.833 bits per heavy atom. The molecule has 0 saturated carbocycles. The Kier molecular flexibility index (Phi) is 13.5. The molecule has 2 aliphatic rings. The quantitative estimate of drug-likeness (QED) is 0.146. The molecule has 42 heavy (non-hydrogen) atoms. The summed E-state index contributed by atoms with van der Waals surface area (Å²) in [5.41, 5.74) is 0.365. The number of piperidine rings is 1. The highest BCUT2D eigenvalue weighted by atomic mass is 16.6. The van der Waals surface area contributed by atoms with Crippen molar-refractivity contribution in [3.05, 3.63) is 29.3 Å². The number of amides is 5. The van der Waals surface area contributed by atoms with Crippen LogP contribution in [0.5, 0.6) is 0 Å². The zero-order chi connectivity index (χ0) is 30.3. The summed E-state index contributed by atoms with van der Waals surface area (Å²) in [5, 5.41) is 13.4. The number of nitrogens with one attached hydrogen (secondary N) is 2. The van der Waals surface area contributed by atoms with Gasteiger partial charge in [-0.25, -0.2) is 0 Å². The van der Waals surface area contributed by atoms with Crippen LogP contribution in [0.1, 0.15) is 65.7 Å². The van der Waals surface area contributed by atoms with E-state index in [4.69, 9.17) is 24.1 Å². The SMILES string of the molecule is O=C(O)CCOCCOCCOCCOCCCCCC(=O)Nc1cccc2c1C(=O)N(C1CCC(=O)NC1=O)C2=O. The summed E-state index contributed by atoms with van der Waals surface area (Å²) in [6.07, 6.45) is 2.39. The van der Waals surface area contributed by atoms with Crippen LogP contribution in [0, 0.1) is 0 Å². The van der Waals surface area contributed by atoms with Gasteiger partial charge in [0.2, 0.25) is 17.7 Å². The summed E-state index contributed by atoms with van der Waals surface area (Å²) < 4.78 is 21.3. The zero-order valence-corrected chi connectivity index (χ0v) is 23.4. The Hall–Kier alpha value is -3.72. The lowest BCUT2D eigenvalue weighted by molar-refractivity contribution is -0.138. The van der Waals surface area contributed by atoms with Crippen molar-refractivity contribution in [3.63, 3.8) is 0 Å². The van der Waals surface area contributed by atoms with Crippen LogP contribution in [0.4, 0.5) is 5.69 Å². The first-order valence-electron chi connectivity index (χ1n) is 14.0. The lowest BCUT2D eigenvalue weighted by Crippen LogP contribution is -2.54. The van der Waals surface area contributed by atoms with Gasteiger partial charge < -0.3 is 29.4 Å². The number of ether oxygens (including phenoxy) is 4. The van der Waals surface area contributed by atoms with Gasteiger partial charge in [-0.3, -0.25) is 39.0 Å². The van der Waals surface area contributed by atoms with Gasteiger partial charge in [-0.1, -0.05) is 12.5 Å². The number of carbonyl (C=O) groups excluding carboxylic acids is 5. The molecule has 230 valence electrons. The number of hydrogen-bond donors (Lipinski definition) is 3. The number of fused-ring (bicyclic) bond motifs is 1. The molecule has 0 spiro atoms. The molecule has 1 fully saturated rings. The van der Waals surface area contributed by atoms with Crippen LogP contribution in [0.3, 0.4) is 0 Å².